The van der Waals surface area contributed by atoms with Crippen molar-refractivity contribution in [1.82, 2.24) is 4.57 Å². The molecular formula is C9H12N2. The summed E-state index contributed by atoms with van der Waals surface area (Å²) in [6, 6.07) is 4.14. The molecule has 0 atom stereocenters. The minimum Gasteiger partial charge on any atom is -0.324 e. The molecule has 0 N–H and O–H groups in total. The van der Waals surface area contributed by atoms with Gasteiger partial charge in [0.2, 0.25) is 0 Å². The van der Waals surface area contributed by atoms with Crippen LogP contribution < -0.4 is 0 Å². The van der Waals surface area contributed by atoms with E-state index in [0.29, 0.717) is 0 Å². The Morgan fingerprint density at radius 1 is 1.36 bits per heavy atom. The summed E-state index contributed by atoms with van der Waals surface area (Å²) in [5.74, 6) is 0. The molecule has 2 nitrogen and oxygen atoms in total. The maximum atomic E-state index is 3.64. The molecule has 0 aliphatic carbocycles. The number of nitrogens with zero attached hydrogens (tertiary/aromatic N) is 2. The molecule has 1 rings (SSSR count). The van der Waals surface area contributed by atoms with Crippen molar-refractivity contribution in [2.24, 2.45) is 4.99 Å². The highest BCUT2D eigenvalue weighted by molar-refractivity contribution is 5.35. The maximum Gasteiger partial charge on any atom is 0.0426 e. The Bertz CT molecular complexity index is 262. The van der Waals surface area contributed by atoms with Crippen LogP contribution in [0.1, 0.15) is 11.4 Å². The second-order valence-electron chi connectivity index (χ2n) is 2.47. The van der Waals surface area contributed by atoms with Crippen molar-refractivity contribution in [2.45, 2.75) is 13.8 Å². The quantitative estimate of drug-likeness (QED) is 0.572. The van der Waals surface area contributed by atoms with Crippen molar-refractivity contribution in [1.29, 1.82) is 0 Å². The van der Waals surface area contributed by atoms with Gasteiger partial charge in [0.05, 0.1) is 0 Å². The minimum absolute atomic E-state index is 1.21. The predicted molar refractivity (Wildman–Crippen MR) is 48.8 cm³/mol. The van der Waals surface area contributed by atoms with Crippen molar-refractivity contribution in [3.05, 3.63) is 29.7 Å². The molecule has 58 valence electrons. The fourth-order valence-electron chi connectivity index (χ4n) is 1.03. The molecule has 0 spiro atoms. The largest absolute Gasteiger partial charge is 0.324 e. The van der Waals surface area contributed by atoms with Crippen molar-refractivity contribution < 1.29 is 0 Å². The van der Waals surface area contributed by atoms with Crippen LogP contribution in [0.5, 0.6) is 0 Å². The molecule has 1 heterocycles. The molecule has 1 aromatic heterocycles. The SMILES string of the molecule is C=N/C=C\n1c(C)ccc1C. The average Bonchev–Trinajstić information content (AvgIpc) is 2.29. The third-order valence-corrected chi connectivity index (χ3v) is 1.65. The van der Waals surface area contributed by atoms with Crippen LogP contribution >= 0.6 is 0 Å². The van der Waals surface area contributed by atoms with Gasteiger partial charge in [0, 0.05) is 23.8 Å². The lowest BCUT2D eigenvalue weighted by Gasteiger charge is -1.99. The Morgan fingerprint density at radius 3 is 2.36 bits per heavy atom. The summed E-state index contributed by atoms with van der Waals surface area (Å²) in [5.41, 5.74) is 2.42. The van der Waals surface area contributed by atoms with Crippen LogP contribution in [-0.4, -0.2) is 11.3 Å². The van der Waals surface area contributed by atoms with Crippen LogP contribution in [0, 0.1) is 13.8 Å². The molecule has 2 heteroatoms. The van der Waals surface area contributed by atoms with Crippen LogP contribution in [0.3, 0.4) is 0 Å². The molecule has 0 aliphatic rings. The van der Waals surface area contributed by atoms with E-state index in [2.05, 4.69) is 42.3 Å². The molecule has 0 saturated heterocycles. The molecule has 11 heavy (non-hydrogen) atoms. The Labute approximate surface area is 66.9 Å². The lowest BCUT2D eigenvalue weighted by atomic mass is 10.5. The molecule has 0 radical (unpaired) electrons. The number of hydrogen-bond donors (Lipinski definition) is 0. The van der Waals surface area contributed by atoms with E-state index < -0.39 is 0 Å². The number of aromatic nitrogens is 1. The van der Waals surface area contributed by atoms with Crippen molar-refractivity contribution in [3.8, 4) is 0 Å². The topological polar surface area (TPSA) is 17.3 Å². The van der Waals surface area contributed by atoms with E-state index in [0.717, 1.165) is 0 Å². The van der Waals surface area contributed by atoms with Gasteiger partial charge >= 0.3 is 0 Å². The van der Waals surface area contributed by atoms with Crippen molar-refractivity contribution >= 4 is 12.9 Å². The van der Waals surface area contributed by atoms with Crippen LogP contribution in [0.15, 0.2) is 23.3 Å². The van der Waals surface area contributed by atoms with Crippen molar-refractivity contribution in [2.75, 3.05) is 0 Å². The zero-order chi connectivity index (χ0) is 8.27. The van der Waals surface area contributed by atoms with Gasteiger partial charge in [-0.25, -0.2) is 0 Å². The van der Waals surface area contributed by atoms with Crippen molar-refractivity contribution in [3.63, 3.8) is 0 Å². The van der Waals surface area contributed by atoms with Gasteiger partial charge < -0.3 is 4.57 Å². The molecule has 0 bridgehead atoms. The van der Waals surface area contributed by atoms with Gasteiger partial charge in [-0.1, -0.05) is 0 Å². The first kappa shape index (κ1) is 7.79. The Hall–Kier alpha value is -1.31. The average molecular weight is 148 g/mol. The van der Waals surface area contributed by atoms with Gasteiger partial charge in [0.15, 0.2) is 0 Å². The van der Waals surface area contributed by atoms with Gasteiger partial charge in [0.25, 0.3) is 0 Å². The predicted octanol–water partition coefficient (Wildman–Crippen LogP) is 2.23. The van der Waals surface area contributed by atoms with Gasteiger partial charge in [-0.3, -0.25) is 4.99 Å². The molecular weight excluding hydrogens is 136 g/mol. The normalized spacial score (nSPS) is 10.7. The van der Waals surface area contributed by atoms with Gasteiger partial charge in [-0.05, 0) is 32.7 Å². The summed E-state index contributed by atoms with van der Waals surface area (Å²) < 4.78 is 2.06. The second-order valence-corrected chi connectivity index (χ2v) is 2.47. The molecule has 0 saturated carbocycles. The fourth-order valence-corrected chi connectivity index (χ4v) is 1.03. The Morgan fingerprint density at radius 2 is 1.91 bits per heavy atom. The monoisotopic (exact) mass is 148 g/mol. The summed E-state index contributed by atoms with van der Waals surface area (Å²) in [5, 5.41) is 0. The Balaban J connectivity index is 3.00. The van der Waals surface area contributed by atoms with E-state index in [1.807, 2.05) is 6.20 Å². The van der Waals surface area contributed by atoms with E-state index >= 15 is 0 Å². The van der Waals surface area contributed by atoms with E-state index in [9.17, 15) is 0 Å². The highest BCUT2D eigenvalue weighted by atomic mass is 15.0. The zero-order valence-corrected chi connectivity index (χ0v) is 6.91. The van der Waals surface area contributed by atoms with Gasteiger partial charge in [-0.2, -0.15) is 0 Å². The van der Waals surface area contributed by atoms with Crippen LogP contribution in [0.4, 0.5) is 0 Å². The van der Waals surface area contributed by atoms with E-state index in [1.165, 1.54) is 11.4 Å². The first-order valence-electron chi connectivity index (χ1n) is 3.52. The maximum absolute atomic E-state index is 3.64. The van der Waals surface area contributed by atoms with E-state index in [4.69, 9.17) is 0 Å². The standard InChI is InChI=1S/C9H12N2/c1-8-4-5-9(2)11(8)7-6-10-3/h4-7H,3H2,1-2H3/b7-6-. The highest BCUT2D eigenvalue weighted by Gasteiger charge is 1.94. The summed E-state index contributed by atoms with van der Waals surface area (Å²) in [6.45, 7) is 7.48. The molecule has 0 amide bonds. The van der Waals surface area contributed by atoms with Gasteiger partial charge in [0.1, 0.15) is 0 Å². The third kappa shape index (κ3) is 1.58. The van der Waals surface area contributed by atoms with Gasteiger partial charge in [-0.15, -0.1) is 0 Å². The summed E-state index contributed by atoms with van der Waals surface area (Å²) in [6.07, 6.45) is 3.58. The smallest absolute Gasteiger partial charge is 0.0426 e. The Kier molecular flexibility index (Phi) is 2.26. The van der Waals surface area contributed by atoms with Crippen LogP contribution in [-0.2, 0) is 0 Å². The van der Waals surface area contributed by atoms with E-state index in [-0.39, 0.29) is 0 Å². The number of aryl methyl sites for hydroxylation is 2. The second kappa shape index (κ2) is 3.19. The lowest BCUT2D eigenvalue weighted by molar-refractivity contribution is 1.02. The number of aliphatic imine (C=N–C) groups is 1. The first-order valence-corrected chi connectivity index (χ1v) is 3.52. The van der Waals surface area contributed by atoms with Crippen LogP contribution in [0.2, 0.25) is 0 Å². The van der Waals surface area contributed by atoms with E-state index in [1.54, 1.807) is 6.20 Å². The highest BCUT2D eigenvalue weighted by Crippen LogP contribution is 2.06. The van der Waals surface area contributed by atoms with Crippen LogP contribution in [0.25, 0.3) is 6.20 Å². The summed E-state index contributed by atoms with van der Waals surface area (Å²) in [4.78, 5) is 3.64. The number of rotatable bonds is 2. The zero-order valence-electron chi connectivity index (χ0n) is 6.91. The molecule has 1 aromatic rings. The molecule has 0 unspecified atom stereocenters. The molecule has 0 aromatic carbocycles. The third-order valence-electron chi connectivity index (χ3n) is 1.65. The minimum atomic E-state index is 1.21. The summed E-state index contributed by atoms with van der Waals surface area (Å²) in [7, 11) is 0. The molecule has 0 aliphatic heterocycles. The number of hydrogen-bond acceptors (Lipinski definition) is 1. The lowest BCUT2D eigenvalue weighted by Crippen LogP contribution is -1.90. The fraction of sp³-hybridized carbons (Fsp3) is 0.222. The first-order chi connectivity index (χ1) is 5.25. The molecule has 0 fully saturated rings. The summed E-state index contributed by atoms with van der Waals surface area (Å²) >= 11 is 0.